The Labute approximate surface area is 75.6 Å². The summed E-state index contributed by atoms with van der Waals surface area (Å²) in [6, 6.07) is 1.51. The number of rotatable bonds is 3. The lowest BCUT2D eigenvalue weighted by Gasteiger charge is -2.36. The molecule has 67 valence electrons. The monoisotopic (exact) mass is 203 g/mol. The topological polar surface area (TPSA) is 0 Å². The molecule has 11 heavy (non-hydrogen) atoms. The van der Waals surface area contributed by atoms with Gasteiger partial charge in [-0.15, -0.1) is 0 Å². The first-order valence-electron chi connectivity index (χ1n) is 4.56. The first-order valence-corrected chi connectivity index (χ1v) is 15.3. The van der Waals surface area contributed by atoms with Crippen molar-refractivity contribution < 1.29 is 0 Å². The SMILES string of the molecule is CC[Si]([Si](C)(C)C)[Si](C)(C)C. The highest BCUT2D eigenvalue weighted by atomic mass is 29.6. The average molecular weight is 204 g/mol. The summed E-state index contributed by atoms with van der Waals surface area (Å²) in [4.78, 5) is 0. The van der Waals surface area contributed by atoms with Crippen LogP contribution in [0.3, 0.4) is 0 Å². The average Bonchev–Trinajstić information content (AvgIpc) is 1.56. The Morgan fingerprint density at radius 3 is 1.09 bits per heavy atom. The van der Waals surface area contributed by atoms with Gasteiger partial charge in [0.1, 0.15) is 0 Å². The second-order valence-electron chi connectivity index (χ2n) is 5.33. The van der Waals surface area contributed by atoms with Crippen molar-refractivity contribution in [1.82, 2.24) is 0 Å². The highest BCUT2D eigenvalue weighted by molar-refractivity contribution is 7.60. The lowest BCUT2D eigenvalue weighted by atomic mass is 11.0. The molecule has 0 aromatic rings. The molecule has 0 saturated heterocycles. The van der Waals surface area contributed by atoms with Gasteiger partial charge >= 0.3 is 0 Å². The Kier molecular flexibility index (Phi) is 3.79. The van der Waals surface area contributed by atoms with Crippen LogP contribution in [0.4, 0.5) is 0 Å². The fraction of sp³-hybridized carbons (Fsp3) is 1.00. The summed E-state index contributed by atoms with van der Waals surface area (Å²) in [6.45, 7) is 17.8. The predicted molar refractivity (Wildman–Crippen MR) is 62.9 cm³/mol. The van der Waals surface area contributed by atoms with Gasteiger partial charge in [-0.1, -0.05) is 52.2 Å². The number of hydrogen-bond donors (Lipinski definition) is 0. The summed E-state index contributed by atoms with van der Waals surface area (Å²) in [5.41, 5.74) is 0. The van der Waals surface area contributed by atoms with Crippen molar-refractivity contribution in [3.63, 3.8) is 0 Å². The van der Waals surface area contributed by atoms with E-state index in [9.17, 15) is 0 Å². The molecule has 0 nitrogen and oxygen atoms in total. The molecular weight excluding hydrogens is 180 g/mol. The highest BCUT2D eigenvalue weighted by Gasteiger charge is 2.37. The Morgan fingerprint density at radius 1 is 0.818 bits per heavy atom. The molecule has 0 aromatic heterocycles. The normalized spacial score (nSPS) is 14.2. The highest BCUT2D eigenvalue weighted by Crippen LogP contribution is 2.20. The zero-order chi connectivity index (χ0) is 9.28. The third-order valence-corrected chi connectivity index (χ3v) is 33.0. The molecule has 0 N–H and O–H groups in total. The van der Waals surface area contributed by atoms with E-state index >= 15 is 0 Å². The maximum Gasteiger partial charge on any atom is 0.0332 e. The summed E-state index contributed by atoms with van der Waals surface area (Å²) in [5.74, 6) is 0. The minimum Gasteiger partial charge on any atom is -0.0719 e. The Balaban J connectivity index is 4.43. The molecule has 0 saturated carbocycles. The standard InChI is InChI=1S/C8H23Si3/c1-8-9(10(2,3)4)11(5,6)7/h8H2,1-7H3. The van der Waals surface area contributed by atoms with Crippen LogP contribution in [0.2, 0.25) is 45.3 Å². The van der Waals surface area contributed by atoms with E-state index in [1.807, 2.05) is 0 Å². The lowest BCUT2D eigenvalue weighted by Crippen LogP contribution is -2.58. The third kappa shape index (κ3) is 3.71. The molecule has 0 bridgehead atoms. The molecule has 0 atom stereocenters. The molecule has 3 heteroatoms. The van der Waals surface area contributed by atoms with Gasteiger partial charge in [-0.3, -0.25) is 0 Å². The van der Waals surface area contributed by atoms with E-state index in [4.69, 9.17) is 0 Å². The zero-order valence-electron chi connectivity index (χ0n) is 9.21. The third-order valence-electron chi connectivity index (χ3n) is 2.16. The van der Waals surface area contributed by atoms with Crippen molar-refractivity contribution in [3.8, 4) is 0 Å². The van der Waals surface area contributed by atoms with E-state index in [0.717, 1.165) is 0 Å². The summed E-state index contributed by atoms with van der Waals surface area (Å²) in [6.07, 6.45) is 0. The van der Waals surface area contributed by atoms with E-state index in [1.165, 1.54) is 6.04 Å². The van der Waals surface area contributed by atoms with Crippen LogP contribution >= 0.6 is 0 Å². The van der Waals surface area contributed by atoms with E-state index in [2.05, 4.69) is 46.2 Å². The Bertz CT molecular complexity index is 104. The van der Waals surface area contributed by atoms with E-state index in [0.29, 0.717) is 0 Å². The second-order valence-corrected chi connectivity index (χ2v) is 30.1. The van der Waals surface area contributed by atoms with Crippen LogP contribution in [-0.4, -0.2) is 23.0 Å². The molecule has 0 amide bonds. The maximum atomic E-state index is 2.56. The largest absolute Gasteiger partial charge is 0.0719 e. The van der Waals surface area contributed by atoms with Gasteiger partial charge < -0.3 is 0 Å². The minimum atomic E-state index is -0.758. The van der Waals surface area contributed by atoms with Gasteiger partial charge in [-0.2, -0.15) is 0 Å². The molecule has 0 rings (SSSR count). The zero-order valence-corrected chi connectivity index (χ0v) is 12.2. The van der Waals surface area contributed by atoms with E-state index < -0.39 is 15.2 Å². The smallest absolute Gasteiger partial charge is 0.0332 e. The molecule has 0 fully saturated rings. The molecule has 0 aliphatic heterocycles. The van der Waals surface area contributed by atoms with Gasteiger partial charge in [0, 0.05) is 23.0 Å². The lowest BCUT2D eigenvalue weighted by molar-refractivity contribution is 1.44. The first-order chi connectivity index (χ1) is 4.69. The van der Waals surface area contributed by atoms with Crippen molar-refractivity contribution in [2.75, 3.05) is 0 Å². The number of hydrogen-bond acceptors (Lipinski definition) is 0. The van der Waals surface area contributed by atoms with Crippen LogP contribution in [0, 0.1) is 0 Å². The van der Waals surface area contributed by atoms with E-state index in [-0.39, 0.29) is 7.83 Å². The molecule has 1 radical (unpaired) electrons. The molecule has 0 spiro atoms. The fourth-order valence-corrected chi connectivity index (χ4v) is 39.9. The van der Waals surface area contributed by atoms with Crippen LogP contribution in [0.25, 0.3) is 0 Å². The molecule has 0 heterocycles. The van der Waals surface area contributed by atoms with Gasteiger partial charge in [0.2, 0.25) is 0 Å². The summed E-state index contributed by atoms with van der Waals surface area (Å²) in [7, 11) is -1.45. The van der Waals surface area contributed by atoms with Crippen LogP contribution in [-0.2, 0) is 0 Å². The molecule has 0 unspecified atom stereocenters. The van der Waals surface area contributed by atoms with Gasteiger partial charge in [0.05, 0.1) is 0 Å². The molecule has 0 aliphatic rings. The second kappa shape index (κ2) is 3.58. The summed E-state index contributed by atoms with van der Waals surface area (Å²) >= 11 is 0. The van der Waals surface area contributed by atoms with Crippen LogP contribution in [0.15, 0.2) is 0 Å². The summed E-state index contributed by atoms with van der Waals surface area (Å²) < 4.78 is 0. The summed E-state index contributed by atoms with van der Waals surface area (Å²) in [5, 5.41) is 0. The minimum absolute atomic E-state index is 0.0628. The maximum absolute atomic E-state index is 2.56. The predicted octanol–water partition coefficient (Wildman–Crippen LogP) is 3.33. The van der Waals surface area contributed by atoms with Gasteiger partial charge in [0.25, 0.3) is 0 Å². The molecular formula is C8H23Si3. The van der Waals surface area contributed by atoms with E-state index in [1.54, 1.807) is 0 Å². The van der Waals surface area contributed by atoms with Gasteiger partial charge in [-0.25, -0.2) is 0 Å². The van der Waals surface area contributed by atoms with Crippen molar-refractivity contribution in [1.29, 1.82) is 0 Å². The van der Waals surface area contributed by atoms with Crippen LogP contribution in [0.1, 0.15) is 6.92 Å². The van der Waals surface area contributed by atoms with Crippen molar-refractivity contribution in [3.05, 3.63) is 0 Å². The van der Waals surface area contributed by atoms with Crippen LogP contribution < -0.4 is 0 Å². The molecule has 0 aliphatic carbocycles. The van der Waals surface area contributed by atoms with Gasteiger partial charge in [0.15, 0.2) is 0 Å². The van der Waals surface area contributed by atoms with Crippen molar-refractivity contribution in [2.45, 2.75) is 52.2 Å². The molecule has 0 aromatic carbocycles. The first kappa shape index (κ1) is 11.7. The quantitative estimate of drug-likeness (QED) is 0.617. The van der Waals surface area contributed by atoms with Crippen molar-refractivity contribution >= 4 is 23.0 Å². The Morgan fingerprint density at radius 2 is 1.09 bits per heavy atom. The van der Waals surface area contributed by atoms with Gasteiger partial charge in [-0.05, 0) is 0 Å². The fourth-order valence-electron chi connectivity index (χ4n) is 2.19. The van der Waals surface area contributed by atoms with Crippen LogP contribution in [0.5, 0.6) is 0 Å². The van der Waals surface area contributed by atoms with Crippen molar-refractivity contribution in [2.24, 2.45) is 0 Å². The Hall–Kier alpha value is 0.651.